The fourth-order valence-corrected chi connectivity index (χ4v) is 5.01. The Morgan fingerprint density at radius 2 is 1.84 bits per heavy atom. The first-order chi connectivity index (χ1) is 15.6. The molecule has 2 saturated heterocycles. The summed E-state index contributed by atoms with van der Waals surface area (Å²) in [6, 6.07) is 19.1. The van der Waals surface area contributed by atoms with Crippen molar-refractivity contribution in [2.24, 2.45) is 0 Å². The van der Waals surface area contributed by atoms with Gasteiger partial charge in [0.25, 0.3) is 5.91 Å². The van der Waals surface area contributed by atoms with Crippen LogP contribution < -0.4 is 10.3 Å². The van der Waals surface area contributed by atoms with Gasteiger partial charge in [0, 0.05) is 18.8 Å². The number of nitrogens with one attached hydrogen (secondary N) is 1. The second-order valence-corrected chi connectivity index (χ2v) is 8.77. The maximum Gasteiger partial charge on any atom is 0.278 e. The number of thioether (sulfide) groups is 1. The molecule has 2 fully saturated rings. The van der Waals surface area contributed by atoms with Gasteiger partial charge in [0.1, 0.15) is 16.7 Å². The summed E-state index contributed by atoms with van der Waals surface area (Å²) in [6.45, 7) is 4.14. The highest BCUT2D eigenvalue weighted by Crippen LogP contribution is 2.42. The monoisotopic (exact) mass is 448 g/mol. The van der Waals surface area contributed by atoms with Crippen LogP contribution >= 0.6 is 11.8 Å². The maximum absolute atomic E-state index is 13.5. The Morgan fingerprint density at radius 3 is 2.53 bits per heavy atom. The molecule has 1 unspecified atom stereocenters. The second-order valence-electron chi connectivity index (χ2n) is 7.58. The van der Waals surface area contributed by atoms with Crippen molar-refractivity contribution in [3.05, 3.63) is 76.3 Å². The summed E-state index contributed by atoms with van der Waals surface area (Å²) in [5.74, 6) is -0.645. The van der Waals surface area contributed by atoms with Crippen LogP contribution in [0.25, 0.3) is 0 Å². The lowest BCUT2D eigenvalue weighted by Crippen LogP contribution is -2.49. The normalized spacial score (nSPS) is 20.7. The molecule has 2 aliphatic rings. The Kier molecular flexibility index (Phi) is 6.90. The van der Waals surface area contributed by atoms with E-state index in [4.69, 9.17) is 4.74 Å². The molecule has 1 atom stereocenters. The summed E-state index contributed by atoms with van der Waals surface area (Å²) < 4.78 is 5.31. The number of carbonyl (C=O) groups is 2. The third-order valence-corrected chi connectivity index (χ3v) is 6.72. The van der Waals surface area contributed by atoms with Crippen LogP contribution in [0.15, 0.2) is 65.2 Å². The van der Waals surface area contributed by atoms with Crippen molar-refractivity contribution in [2.45, 2.75) is 18.6 Å². The highest BCUT2D eigenvalue weighted by Gasteiger charge is 2.41. The summed E-state index contributed by atoms with van der Waals surface area (Å²) in [4.78, 5) is 28.0. The first-order valence-electron chi connectivity index (χ1n) is 10.5. The number of amides is 2. The third kappa shape index (κ3) is 4.70. The van der Waals surface area contributed by atoms with Gasteiger partial charge in [0.15, 0.2) is 0 Å². The molecule has 0 bridgehead atoms. The molecule has 0 saturated carbocycles. The Morgan fingerprint density at radius 1 is 1.16 bits per heavy atom. The van der Waals surface area contributed by atoms with E-state index in [1.54, 1.807) is 5.01 Å². The van der Waals surface area contributed by atoms with E-state index in [0.29, 0.717) is 43.4 Å². The van der Waals surface area contributed by atoms with Crippen molar-refractivity contribution in [3.8, 4) is 6.07 Å². The fourth-order valence-electron chi connectivity index (χ4n) is 3.71. The minimum Gasteiger partial charge on any atom is -0.379 e. The third-order valence-electron chi connectivity index (χ3n) is 5.46. The van der Waals surface area contributed by atoms with E-state index in [9.17, 15) is 14.9 Å². The lowest BCUT2D eigenvalue weighted by Gasteiger charge is -2.27. The molecule has 1 N–H and O–H groups in total. The van der Waals surface area contributed by atoms with Gasteiger partial charge < -0.3 is 4.74 Å². The lowest BCUT2D eigenvalue weighted by atomic mass is 10.0. The van der Waals surface area contributed by atoms with E-state index in [0.717, 1.165) is 11.1 Å². The zero-order valence-electron chi connectivity index (χ0n) is 17.8. The van der Waals surface area contributed by atoms with Crippen LogP contribution in [0.2, 0.25) is 0 Å². The molecule has 164 valence electrons. The zero-order chi connectivity index (χ0) is 22.5. The number of anilines is 1. The number of nitriles is 1. The number of morpholine rings is 1. The summed E-state index contributed by atoms with van der Waals surface area (Å²) in [7, 11) is 0. The second kappa shape index (κ2) is 10.0. The number of para-hydroxylation sites is 1. The van der Waals surface area contributed by atoms with Gasteiger partial charge in [-0.3, -0.25) is 19.9 Å². The topological polar surface area (TPSA) is 85.7 Å². The van der Waals surface area contributed by atoms with E-state index in [1.807, 2.05) is 67.6 Å². The molecule has 8 heteroatoms. The van der Waals surface area contributed by atoms with Crippen molar-refractivity contribution < 1.29 is 14.3 Å². The number of carbonyl (C=O) groups excluding carboxylic acids is 2. The van der Waals surface area contributed by atoms with Crippen molar-refractivity contribution in [2.75, 3.05) is 31.2 Å². The van der Waals surface area contributed by atoms with Crippen LogP contribution in [0, 0.1) is 18.3 Å². The van der Waals surface area contributed by atoms with Crippen LogP contribution in [0.4, 0.5) is 5.69 Å². The standard InChI is InChI=1S/C24H24N4O3S/c1-17-7-5-6-8-18(17)15-21-23(30)28(19-9-3-2-4-10-19)24(32-21)20(16-25)22(29)26-27-11-13-31-14-12-27/h2-10,21H,11-15H2,1H3,(H,26,29)/b24-20+. The predicted molar refractivity (Wildman–Crippen MR) is 123 cm³/mol. The Hall–Kier alpha value is -3.12. The number of hydrogen-bond acceptors (Lipinski definition) is 6. The van der Waals surface area contributed by atoms with Gasteiger partial charge in [0.2, 0.25) is 5.91 Å². The molecular formula is C24H24N4O3S. The average molecular weight is 449 g/mol. The van der Waals surface area contributed by atoms with Gasteiger partial charge in [-0.25, -0.2) is 5.01 Å². The summed E-state index contributed by atoms with van der Waals surface area (Å²) in [5.41, 5.74) is 5.54. The van der Waals surface area contributed by atoms with Crippen molar-refractivity contribution in [3.63, 3.8) is 0 Å². The largest absolute Gasteiger partial charge is 0.379 e. The Balaban J connectivity index is 1.68. The molecule has 2 aliphatic heterocycles. The first-order valence-corrected chi connectivity index (χ1v) is 11.3. The molecule has 2 aromatic carbocycles. The Bertz CT molecular complexity index is 1070. The minimum absolute atomic E-state index is 0.0639. The van der Waals surface area contributed by atoms with Crippen LogP contribution in [-0.2, 0) is 20.7 Å². The molecule has 0 spiro atoms. The van der Waals surface area contributed by atoms with Crippen LogP contribution in [-0.4, -0.2) is 48.4 Å². The van der Waals surface area contributed by atoms with E-state index >= 15 is 0 Å². The Labute approximate surface area is 191 Å². The predicted octanol–water partition coefficient (Wildman–Crippen LogP) is 2.78. The number of rotatable bonds is 5. The minimum atomic E-state index is -0.512. The number of hydrogen-bond donors (Lipinski definition) is 1. The van der Waals surface area contributed by atoms with Gasteiger partial charge in [0.05, 0.1) is 18.5 Å². The molecule has 0 aliphatic carbocycles. The van der Waals surface area contributed by atoms with Crippen LogP contribution in [0.3, 0.4) is 0 Å². The number of benzene rings is 2. The maximum atomic E-state index is 13.5. The molecule has 7 nitrogen and oxygen atoms in total. The molecule has 2 amide bonds. The molecule has 0 aromatic heterocycles. The summed E-state index contributed by atoms with van der Waals surface area (Å²) in [5, 5.41) is 11.6. The first kappa shape index (κ1) is 22.1. The quantitative estimate of drug-likeness (QED) is 0.559. The average Bonchev–Trinajstić information content (AvgIpc) is 3.12. The molecule has 32 heavy (non-hydrogen) atoms. The van der Waals surface area contributed by atoms with Gasteiger partial charge in [-0.1, -0.05) is 54.2 Å². The van der Waals surface area contributed by atoms with Gasteiger partial charge >= 0.3 is 0 Å². The molecular weight excluding hydrogens is 424 g/mol. The van der Waals surface area contributed by atoms with Crippen molar-refractivity contribution in [1.29, 1.82) is 5.26 Å². The van der Waals surface area contributed by atoms with Crippen molar-refractivity contribution >= 4 is 29.3 Å². The molecule has 0 radical (unpaired) electrons. The SMILES string of the molecule is Cc1ccccc1CC1S/C(=C(\C#N)C(=O)NN2CCOCC2)N(c2ccccc2)C1=O. The van der Waals surface area contributed by atoms with E-state index in [1.165, 1.54) is 16.7 Å². The highest BCUT2D eigenvalue weighted by atomic mass is 32.2. The fraction of sp³-hybridized carbons (Fsp3) is 0.292. The summed E-state index contributed by atoms with van der Waals surface area (Å²) in [6.07, 6.45) is 0.521. The zero-order valence-corrected chi connectivity index (χ0v) is 18.6. The lowest BCUT2D eigenvalue weighted by molar-refractivity contribution is -0.123. The van der Waals surface area contributed by atoms with E-state index in [2.05, 4.69) is 5.43 Å². The smallest absolute Gasteiger partial charge is 0.278 e. The van der Waals surface area contributed by atoms with Gasteiger partial charge in [-0.05, 0) is 36.6 Å². The van der Waals surface area contributed by atoms with Crippen molar-refractivity contribution in [1.82, 2.24) is 10.4 Å². The van der Waals surface area contributed by atoms with Gasteiger partial charge in [-0.15, -0.1) is 0 Å². The number of nitrogens with zero attached hydrogens (tertiary/aromatic N) is 3. The van der Waals surface area contributed by atoms with Crippen LogP contribution in [0.5, 0.6) is 0 Å². The van der Waals surface area contributed by atoms with E-state index in [-0.39, 0.29) is 11.5 Å². The van der Waals surface area contributed by atoms with Gasteiger partial charge in [-0.2, -0.15) is 5.26 Å². The molecule has 2 heterocycles. The number of aryl methyl sites for hydroxylation is 1. The number of ether oxygens (including phenoxy) is 1. The van der Waals surface area contributed by atoms with Crippen LogP contribution in [0.1, 0.15) is 11.1 Å². The number of hydrazine groups is 1. The molecule has 2 aromatic rings. The van der Waals surface area contributed by atoms with E-state index < -0.39 is 11.2 Å². The summed E-state index contributed by atoms with van der Waals surface area (Å²) >= 11 is 1.28. The molecule has 4 rings (SSSR count). The highest BCUT2D eigenvalue weighted by molar-refractivity contribution is 8.05.